The summed E-state index contributed by atoms with van der Waals surface area (Å²) in [6, 6.07) is 11.7. The van der Waals surface area contributed by atoms with Crippen LogP contribution in [0.4, 0.5) is 5.69 Å². The van der Waals surface area contributed by atoms with Gasteiger partial charge in [-0.05, 0) is 19.1 Å². The van der Waals surface area contributed by atoms with E-state index in [0.29, 0.717) is 0 Å². The standard InChI is InChI=1S/C14H12N2O/c1-9-13-11(6-4-8-15-13)10-5-2-3-7-12(10)16-14(9)17/h2-9H,1H3,(H,16,17). The van der Waals surface area contributed by atoms with Crippen molar-refractivity contribution >= 4 is 11.6 Å². The van der Waals surface area contributed by atoms with E-state index in [1.165, 1.54) is 0 Å². The lowest BCUT2D eigenvalue weighted by Gasteiger charge is -2.08. The summed E-state index contributed by atoms with van der Waals surface area (Å²) in [6.45, 7) is 1.88. The molecule has 17 heavy (non-hydrogen) atoms. The zero-order chi connectivity index (χ0) is 11.8. The van der Waals surface area contributed by atoms with Crippen LogP contribution in [0, 0.1) is 0 Å². The van der Waals surface area contributed by atoms with Gasteiger partial charge in [0.05, 0.1) is 11.6 Å². The second kappa shape index (κ2) is 3.70. The number of carbonyl (C=O) groups excluding carboxylic acids is 1. The Bertz CT molecular complexity index is 592. The molecule has 1 unspecified atom stereocenters. The van der Waals surface area contributed by atoms with Crippen molar-refractivity contribution in [1.29, 1.82) is 0 Å². The third-order valence-electron chi connectivity index (χ3n) is 3.12. The number of rotatable bonds is 0. The van der Waals surface area contributed by atoms with E-state index >= 15 is 0 Å². The fourth-order valence-electron chi connectivity index (χ4n) is 2.18. The van der Waals surface area contributed by atoms with Crippen LogP contribution in [0.1, 0.15) is 18.5 Å². The molecule has 84 valence electrons. The van der Waals surface area contributed by atoms with Gasteiger partial charge >= 0.3 is 0 Å². The van der Waals surface area contributed by atoms with Gasteiger partial charge in [-0.15, -0.1) is 0 Å². The van der Waals surface area contributed by atoms with Crippen molar-refractivity contribution in [2.75, 3.05) is 5.32 Å². The summed E-state index contributed by atoms with van der Waals surface area (Å²) in [6.07, 6.45) is 1.73. The zero-order valence-corrected chi connectivity index (χ0v) is 9.47. The van der Waals surface area contributed by atoms with E-state index in [4.69, 9.17) is 0 Å². The molecular weight excluding hydrogens is 212 g/mol. The highest BCUT2D eigenvalue weighted by Gasteiger charge is 2.25. The molecule has 3 nitrogen and oxygen atoms in total. The van der Waals surface area contributed by atoms with Gasteiger partial charge in [-0.1, -0.05) is 24.3 Å². The maximum atomic E-state index is 12.0. The molecule has 1 N–H and O–H groups in total. The average molecular weight is 224 g/mol. The number of anilines is 1. The summed E-state index contributed by atoms with van der Waals surface area (Å²) >= 11 is 0. The van der Waals surface area contributed by atoms with Gasteiger partial charge in [0, 0.05) is 23.0 Å². The highest BCUT2D eigenvalue weighted by atomic mass is 16.1. The summed E-state index contributed by atoms with van der Waals surface area (Å²) in [5, 5.41) is 2.94. The Hall–Kier alpha value is -2.16. The smallest absolute Gasteiger partial charge is 0.233 e. The van der Waals surface area contributed by atoms with Crippen LogP contribution in [0.15, 0.2) is 42.6 Å². The SMILES string of the molecule is CC1C(=O)Nc2ccccc2-c2cccnc21. The number of hydrogen-bond donors (Lipinski definition) is 1. The number of nitrogens with zero attached hydrogens (tertiary/aromatic N) is 1. The first-order valence-electron chi connectivity index (χ1n) is 5.62. The molecule has 0 saturated heterocycles. The Morgan fingerprint density at radius 2 is 1.88 bits per heavy atom. The molecule has 0 fully saturated rings. The van der Waals surface area contributed by atoms with Crippen molar-refractivity contribution in [1.82, 2.24) is 4.98 Å². The number of amides is 1. The largest absolute Gasteiger partial charge is 0.325 e. The van der Waals surface area contributed by atoms with Gasteiger partial charge < -0.3 is 5.32 Å². The Kier molecular flexibility index (Phi) is 2.18. The predicted molar refractivity (Wildman–Crippen MR) is 66.7 cm³/mol. The minimum absolute atomic E-state index is 0.00472. The molecule has 2 aromatic rings. The molecule has 3 heteroatoms. The first-order valence-corrected chi connectivity index (χ1v) is 5.62. The Labute approximate surface area is 99.5 Å². The van der Waals surface area contributed by atoms with Crippen molar-refractivity contribution in [3.05, 3.63) is 48.3 Å². The topological polar surface area (TPSA) is 42.0 Å². The third-order valence-corrected chi connectivity index (χ3v) is 3.12. The summed E-state index contributed by atoms with van der Waals surface area (Å²) in [7, 11) is 0. The summed E-state index contributed by atoms with van der Waals surface area (Å²) in [5.74, 6) is -0.228. The zero-order valence-electron chi connectivity index (χ0n) is 9.47. The molecule has 1 amide bonds. The van der Waals surface area contributed by atoms with Crippen LogP contribution in [0.25, 0.3) is 11.1 Å². The van der Waals surface area contributed by atoms with E-state index in [1.54, 1.807) is 6.20 Å². The molecule has 1 aromatic heterocycles. The number of hydrogen-bond acceptors (Lipinski definition) is 2. The van der Waals surface area contributed by atoms with Crippen molar-refractivity contribution in [3.8, 4) is 11.1 Å². The van der Waals surface area contributed by atoms with E-state index in [1.807, 2.05) is 43.3 Å². The molecule has 2 heterocycles. The number of para-hydroxylation sites is 1. The van der Waals surface area contributed by atoms with E-state index < -0.39 is 0 Å². The van der Waals surface area contributed by atoms with Crippen molar-refractivity contribution < 1.29 is 4.79 Å². The first kappa shape index (κ1) is 10.0. The predicted octanol–water partition coefficient (Wildman–Crippen LogP) is 2.80. The number of benzene rings is 1. The van der Waals surface area contributed by atoms with Crippen LogP contribution in [-0.2, 0) is 4.79 Å². The molecule has 1 aliphatic rings. The summed E-state index contributed by atoms with van der Waals surface area (Å²) in [5.41, 5.74) is 3.77. The molecule has 0 aliphatic carbocycles. The Morgan fingerprint density at radius 3 is 2.76 bits per heavy atom. The van der Waals surface area contributed by atoms with Gasteiger partial charge in [0.25, 0.3) is 0 Å². The van der Waals surface area contributed by atoms with Gasteiger partial charge in [0.15, 0.2) is 0 Å². The maximum Gasteiger partial charge on any atom is 0.233 e. The van der Waals surface area contributed by atoms with Crippen LogP contribution in [0.3, 0.4) is 0 Å². The van der Waals surface area contributed by atoms with Gasteiger partial charge in [-0.2, -0.15) is 0 Å². The molecule has 3 rings (SSSR count). The van der Waals surface area contributed by atoms with Crippen LogP contribution in [0.5, 0.6) is 0 Å². The van der Waals surface area contributed by atoms with Crippen molar-refractivity contribution in [3.63, 3.8) is 0 Å². The lowest BCUT2D eigenvalue weighted by atomic mass is 9.97. The molecule has 0 radical (unpaired) electrons. The van der Waals surface area contributed by atoms with E-state index in [0.717, 1.165) is 22.5 Å². The molecular formula is C14H12N2O. The molecule has 1 aromatic carbocycles. The molecule has 1 atom stereocenters. The van der Waals surface area contributed by atoms with Crippen LogP contribution in [0.2, 0.25) is 0 Å². The minimum Gasteiger partial charge on any atom is -0.325 e. The van der Waals surface area contributed by atoms with Gasteiger partial charge in [0.2, 0.25) is 5.91 Å². The molecule has 0 spiro atoms. The highest BCUT2D eigenvalue weighted by Crippen LogP contribution is 2.36. The fourth-order valence-corrected chi connectivity index (χ4v) is 2.18. The van der Waals surface area contributed by atoms with Crippen LogP contribution in [-0.4, -0.2) is 10.9 Å². The van der Waals surface area contributed by atoms with Gasteiger partial charge in [0.1, 0.15) is 0 Å². The third kappa shape index (κ3) is 1.51. The quantitative estimate of drug-likeness (QED) is 0.747. The van der Waals surface area contributed by atoms with Crippen LogP contribution < -0.4 is 5.32 Å². The van der Waals surface area contributed by atoms with Crippen LogP contribution >= 0.6 is 0 Å². The number of fused-ring (bicyclic) bond motifs is 3. The maximum absolute atomic E-state index is 12.0. The Morgan fingerprint density at radius 1 is 1.12 bits per heavy atom. The van der Waals surface area contributed by atoms with E-state index in [9.17, 15) is 4.79 Å². The summed E-state index contributed by atoms with van der Waals surface area (Å²) in [4.78, 5) is 16.3. The van der Waals surface area contributed by atoms with E-state index in [-0.39, 0.29) is 11.8 Å². The van der Waals surface area contributed by atoms with Gasteiger partial charge in [-0.25, -0.2) is 0 Å². The number of aromatic nitrogens is 1. The fraction of sp³-hybridized carbons (Fsp3) is 0.143. The normalized spacial score (nSPS) is 17.7. The first-order chi connectivity index (χ1) is 8.27. The monoisotopic (exact) mass is 224 g/mol. The van der Waals surface area contributed by atoms with Gasteiger partial charge in [-0.3, -0.25) is 9.78 Å². The van der Waals surface area contributed by atoms with Crippen molar-refractivity contribution in [2.24, 2.45) is 0 Å². The Balaban J connectivity index is 2.33. The highest BCUT2D eigenvalue weighted by molar-refractivity contribution is 6.02. The second-order valence-corrected chi connectivity index (χ2v) is 4.19. The molecule has 0 bridgehead atoms. The summed E-state index contributed by atoms with van der Waals surface area (Å²) < 4.78 is 0. The van der Waals surface area contributed by atoms with E-state index in [2.05, 4.69) is 10.3 Å². The molecule has 0 saturated carbocycles. The second-order valence-electron chi connectivity index (χ2n) is 4.19. The number of pyridine rings is 1. The average Bonchev–Trinajstić information content (AvgIpc) is 2.48. The van der Waals surface area contributed by atoms with Crippen molar-refractivity contribution in [2.45, 2.75) is 12.8 Å². The number of carbonyl (C=O) groups is 1. The number of nitrogens with one attached hydrogen (secondary N) is 1. The lowest BCUT2D eigenvalue weighted by Crippen LogP contribution is -2.17. The lowest BCUT2D eigenvalue weighted by molar-refractivity contribution is -0.117. The minimum atomic E-state index is -0.224. The molecule has 1 aliphatic heterocycles.